The van der Waals surface area contributed by atoms with Gasteiger partial charge < -0.3 is 13.9 Å². The number of ether oxygens (including phenoxy) is 1. The van der Waals surface area contributed by atoms with Crippen molar-refractivity contribution in [3.05, 3.63) is 95.6 Å². The molecule has 0 spiro atoms. The van der Waals surface area contributed by atoms with Crippen LogP contribution in [0.3, 0.4) is 0 Å². The Morgan fingerprint density at radius 3 is 2.00 bits per heavy atom. The summed E-state index contributed by atoms with van der Waals surface area (Å²) in [6.07, 6.45) is 1.02. The molecule has 0 amide bonds. The van der Waals surface area contributed by atoms with Crippen molar-refractivity contribution in [3.63, 3.8) is 0 Å². The topological polar surface area (TPSA) is 36.2 Å². The lowest BCUT2D eigenvalue weighted by molar-refractivity contribution is 0.112. The van der Waals surface area contributed by atoms with E-state index in [1.54, 1.807) is 7.11 Å². The molecule has 6 rings (SSSR count). The van der Waals surface area contributed by atoms with Gasteiger partial charge in [-0.2, -0.15) is 0 Å². The van der Waals surface area contributed by atoms with E-state index in [0.29, 0.717) is 6.73 Å². The van der Waals surface area contributed by atoms with Crippen molar-refractivity contribution in [1.82, 2.24) is 9.13 Å². The molecular formula is C29H24N2O2. The van der Waals surface area contributed by atoms with Crippen molar-refractivity contribution in [2.24, 2.45) is 0 Å². The Kier molecular flexibility index (Phi) is 4.56. The van der Waals surface area contributed by atoms with Crippen LogP contribution in [0.25, 0.3) is 43.6 Å². The quantitative estimate of drug-likeness (QED) is 0.285. The monoisotopic (exact) mass is 432 g/mol. The molecule has 2 heterocycles. The fourth-order valence-corrected chi connectivity index (χ4v) is 5.41. The van der Waals surface area contributed by atoms with Gasteiger partial charge in [-0.15, -0.1) is 0 Å². The Morgan fingerprint density at radius 1 is 0.758 bits per heavy atom. The molecule has 0 bridgehead atoms. The van der Waals surface area contributed by atoms with Gasteiger partial charge in [-0.25, -0.2) is 0 Å². The molecule has 0 radical (unpaired) electrons. The number of nitrogens with zero attached hydrogens (tertiary/aromatic N) is 2. The molecule has 0 saturated heterocycles. The fraction of sp³-hybridized carbons (Fsp3) is 0.138. The Hall–Kier alpha value is -3.89. The first-order valence-electron chi connectivity index (χ1n) is 11.2. The minimum Gasteiger partial charge on any atom is -0.364 e. The van der Waals surface area contributed by atoms with Crippen molar-refractivity contribution >= 4 is 49.9 Å². The van der Waals surface area contributed by atoms with Crippen LogP contribution in [0.2, 0.25) is 0 Å². The number of methoxy groups -OCH3 is 1. The van der Waals surface area contributed by atoms with E-state index in [2.05, 4.69) is 76.7 Å². The highest BCUT2D eigenvalue weighted by Gasteiger charge is 2.24. The zero-order chi connectivity index (χ0) is 22.5. The Balaban J connectivity index is 1.90. The van der Waals surface area contributed by atoms with Gasteiger partial charge in [0.05, 0.1) is 16.6 Å². The number of benzene rings is 4. The second kappa shape index (κ2) is 7.61. The van der Waals surface area contributed by atoms with Gasteiger partial charge in [0.1, 0.15) is 6.73 Å². The van der Waals surface area contributed by atoms with E-state index in [-0.39, 0.29) is 0 Å². The summed E-state index contributed by atoms with van der Waals surface area (Å²) in [6, 6.07) is 27.3. The van der Waals surface area contributed by atoms with Gasteiger partial charge >= 0.3 is 0 Å². The lowest BCUT2D eigenvalue weighted by Crippen LogP contribution is -2.04. The third kappa shape index (κ3) is 2.77. The molecule has 162 valence electrons. The molecule has 0 saturated carbocycles. The summed E-state index contributed by atoms with van der Waals surface area (Å²) in [5.41, 5.74) is 7.44. The number of aldehydes is 1. The van der Waals surface area contributed by atoms with Gasteiger partial charge in [0.15, 0.2) is 6.29 Å². The van der Waals surface area contributed by atoms with Gasteiger partial charge in [-0.1, -0.05) is 66.7 Å². The first-order valence-corrected chi connectivity index (χ1v) is 11.2. The summed E-state index contributed by atoms with van der Waals surface area (Å²) in [6.45, 7) is 3.23. The first-order chi connectivity index (χ1) is 16.2. The van der Waals surface area contributed by atoms with Crippen LogP contribution < -0.4 is 0 Å². The van der Waals surface area contributed by atoms with E-state index < -0.39 is 0 Å². The van der Waals surface area contributed by atoms with E-state index >= 15 is 0 Å². The Bertz CT molecular complexity index is 1670. The molecule has 33 heavy (non-hydrogen) atoms. The minimum atomic E-state index is 0.410. The molecule has 0 aliphatic carbocycles. The largest absolute Gasteiger partial charge is 0.364 e. The molecule has 4 heteroatoms. The molecule has 0 aliphatic rings. The zero-order valence-electron chi connectivity index (χ0n) is 18.7. The Labute approximate surface area is 191 Å². The summed E-state index contributed by atoms with van der Waals surface area (Å²) >= 11 is 0. The fourth-order valence-electron chi connectivity index (χ4n) is 5.41. The number of fused-ring (bicyclic) bond motifs is 7. The minimum absolute atomic E-state index is 0.410. The SMILES string of the molecule is COCn1c2ccccc2c2c(C=O)c(C)c3c4ccccc4n(Cc4ccccc4)c3c21. The van der Waals surface area contributed by atoms with Gasteiger partial charge in [0.25, 0.3) is 0 Å². The van der Waals surface area contributed by atoms with Crippen LogP contribution in [0.1, 0.15) is 21.5 Å². The van der Waals surface area contributed by atoms with Crippen molar-refractivity contribution in [1.29, 1.82) is 0 Å². The number of para-hydroxylation sites is 2. The molecule has 0 unspecified atom stereocenters. The Morgan fingerprint density at radius 2 is 1.33 bits per heavy atom. The highest BCUT2D eigenvalue weighted by atomic mass is 16.5. The molecule has 0 N–H and O–H groups in total. The van der Waals surface area contributed by atoms with E-state index in [0.717, 1.165) is 62.2 Å². The highest BCUT2D eigenvalue weighted by Crippen LogP contribution is 2.43. The normalized spacial score (nSPS) is 11.8. The number of rotatable bonds is 5. The number of carbonyl (C=O) groups is 1. The van der Waals surface area contributed by atoms with Gasteiger partial charge in [-0.05, 0) is 30.2 Å². The lowest BCUT2D eigenvalue weighted by Gasteiger charge is -2.13. The second-order valence-electron chi connectivity index (χ2n) is 8.56. The first kappa shape index (κ1) is 19.8. The molecular weight excluding hydrogens is 408 g/mol. The summed E-state index contributed by atoms with van der Waals surface area (Å²) in [4.78, 5) is 12.5. The summed E-state index contributed by atoms with van der Waals surface area (Å²) in [5.74, 6) is 0. The van der Waals surface area contributed by atoms with E-state index in [1.807, 2.05) is 18.2 Å². The number of hydrogen-bond donors (Lipinski definition) is 0. The average Bonchev–Trinajstić information content (AvgIpc) is 3.34. The van der Waals surface area contributed by atoms with E-state index in [4.69, 9.17) is 4.74 Å². The standard InChI is InChI=1S/C29H24N2O2/c1-19-23(17-32)27-22-13-7-9-15-25(22)31(18-33-2)29(27)28-26(19)21-12-6-8-14-24(21)30(28)16-20-10-4-3-5-11-20/h3-15,17H,16,18H2,1-2H3. The van der Waals surface area contributed by atoms with Crippen LogP contribution in [0, 0.1) is 6.92 Å². The van der Waals surface area contributed by atoms with Crippen molar-refractivity contribution in [2.45, 2.75) is 20.2 Å². The predicted octanol–water partition coefficient (Wildman–Crippen LogP) is 6.68. The van der Waals surface area contributed by atoms with E-state index in [1.165, 1.54) is 10.9 Å². The molecule has 4 nitrogen and oxygen atoms in total. The molecule has 6 aromatic rings. The molecule has 4 aromatic carbocycles. The van der Waals surface area contributed by atoms with Crippen LogP contribution >= 0.6 is 0 Å². The van der Waals surface area contributed by atoms with Crippen LogP contribution in [0.15, 0.2) is 78.9 Å². The molecule has 0 atom stereocenters. The lowest BCUT2D eigenvalue weighted by atomic mass is 9.97. The summed E-state index contributed by atoms with van der Waals surface area (Å²) in [5, 5.41) is 4.38. The van der Waals surface area contributed by atoms with E-state index in [9.17, 15) is 4.79 Å². The zero-order valence-corrected chi connectivity index (χ0v) is 18.7. The summed E-state index contributed by atoms with van der Waals surface area (Å²) in [7, 11) is 1.71. The van der Waals surface area contributed by atoms with Crippen molar-refractivity contribution < 1.29 is 9.53 Å². The van der Waals surface area contributed by atoms with Crippen LogP contribution in [-0.4, -0.2) is 22.5 Å². The maximum Gasteiger partial charge on any atom is 0.151 e. The third-order valence-electron chi connectivity index (χ3n) is 6.77. The van der Waals surface area contributed by atoms with Crippen molar-refractivity contribution in [3.8, 4) is 0 Å². The summed E-state index contributed by atoms with van der Waals surface area (Å²) < 4.78 is 10.3. The number of aromatic nitrogens is 2. The highest BCUT2D eigenvalue weighted by molar-refractivity contribution is 6.28. The van der Waals surface area contributed by atoms with Crippen molar-refractivity contribution in [2.75, 3.05) is 7.11 Å². The number of hydrogen-bond acceptors (Lipinski definition) is 2. The predicted molar refractivity (Wildman–Crippen MR) is 135 cm³/mol. The van der Waals surface area contributed by atoms with Gasteiger partial charge in [0.2, 0.25) is 0 Å². The maximum atomic E-state index is 12.5. The molecule has 0 aliphatic heterocycles. The van der Waals surface area contributed by atoms with Crippen LogP contribution in [0.4, 0.5) is 0 Å². The van der Waals surface area contributed by atoms with Gasteiger partial charge in [0, 0.05) is 46.3 Å². The third-order valence-corrected chi connectivity index (χ3v) is 6.77. The molecule has 2 aromatic heterocycles. The number of aryl methyl sites for hydroxylation is 1. The van der Waals surface area contributed by atoms with Crippen LogP contribution in [0.5, 0.6) is 0 Å². The van der Waals surface area contributed by atoms with Crippen LogP contribution in [-0.2, 0) is 18.0 Å². The van der Waals surface area contributed by atoms with Gasteiger partial charge in [-0.3, -0.25) is 4.79 Å². The number of carbonyl (C=O) groups excluding carboxylic acids is 1. The average molecular weight is 433 g/mol. The maximum absolute atomic E-state index is 12.5. The second-order valence-corrected chi connectivity index (χ2v) is 8.56. The smallest absolute Gasteiger partial charge is 0.151 e. The molecule has 0 fully saturated rings.